The zero-order valence-electron chi connectivity index (χ0n) is 14.0. The zero-order valence-corrected chi connectivity index (χ0v) is 15.4. The molecule has 0 amide bonds. The molecule has 0 aliphatic rings. The zero-order chi connectivity index (χ0) is 19.8. The number of methoxy groups -OCH3 is 1. The Kier molecular flexibility index (Phi) is 23.6. The third-order valence-corrected chi connectivity index (χ3v) is 2.36. The van der Waals surface area contributed by atoms with E-state index in [0.29, 0.717) is 0 Å². The predicted molar refractivity (Wildman–Crippen MR) is 82.5 cm³/mol. The number of carboxylic acid groups (broad SMARTS) is 2. The Morgan fingerprint density at radius 3 is 1.44 bits per heavy atom. The van der Waals surface area contributed by atoms with Crippen molar-refractivity contribution in [2.24, 2.45) is 5.41 Å². The van der Waals surface area contributed by atoms with Crippen molar-refractivity contribution in [3.63, 3.8) is 0 Å². The predicted octanol–water partition coefficient (Wildman–Crippen LogP) is -4.66. The molecule has 11 heteroatoms. The summed E-state index contributed by atoms with van der Waals surface area (Å²) in [5, 5.41) is 53.4. The smallest absolute Gasteiger partial charge is 0.550 e. The van der Waals surface area contributed by atoms with Crippen LogP contribution in [0.3, 0.4) is 0 Å². The van der Waals surface area contributed by atoms with Crippen LogP contribution in [0.25, 0.3) is 0 Å². The Bertz CT molecular complexity index is 400. The summed E-state index contributed by atoms with van der Waals surface area (Å²) in [6.45, 7) is 4.44. The summed E-state index contributed by atoms with van der Waals surface area (Å²) >= 11 is 0. The normalized spacial score (nSPS) is 9.00. The third-order valence-electron chi connectivity index (χ3n) is 2.36. The molecule has 0 rings (SSSR count). The minimum Gasteiger partial charge on any atom is -0.550 e. The Balaban J connectivity index is -0.000000133. The van der Waals surface area contributed by atoms with Crippen molar-refractivity contribution in [1.29, 1.82) is 0 Å². The molecule has 0 saturated carbocycles. The number of esters is 1. The van der Waals surface area contributed by atoms with Crippen molar-refractivity contribution in [1.82, 2.24) is 0 Å². The molecule has 140 valence electrons. The van der Waals surface area contributed by atoms with Crippen molar-refractivity contribution >= 4 is 41.0 Å². The fourth-order valence-electron chi connectivity index (χ4n) is 0.630. The number of hydrogen-bond donors (Lipinski definition) is 4. The van der Waals surface area contributed by atoms with E-state index in [1.807, 2.05) is 0 Å². The minimum absolute atomic E-state index is 0. The van der Waals surface area contributed by atoms with Gasteiger partial charge in [0.1, 0.15) is 0 Å². The minimum atomic E-state index is -1.56. The quantitative estimate of drug-likeness (QED) is 0.183. The second kappa shape index (κ2) is 18.8. The summed E-state index contributed by atoms with van der Waals surface area (Å²) in [4.78, 5) is 29.2. The molecule has 0 fully saturated rings. The summed E-state index contributed by atoms with van der Waals surface area (Å²) in [5.74, 6) is -3.42. The van der Waals surface area contributed by atoms with Gasteiger partial charge in [0.05, 0.1) is 44.9 Å². The van der Waals surface area contributed by atoms with Crippen LogP contribution >= 0.6 is 0 Å². The largest absolute Gasteiger partial charge is 2.00 e. The fourth-order valence-corrected chi connectivity index (χ4v) is 0.630. The topological polar surface area (TPSA) is 187 Å². The van der Waals surface area contributed by atoms with Gasteiger partial charge in [-0.2, -0.15) is 0 Å². The van der Waals surface area contributed by atoms with Crippen molar-refractivity contribution in [2.45, 2.75) is 6.42 Å². The van der Waals surface area contributed by atoms with E-state index >= 15 is 0 Å². The Labute approximate surface area is 161 Å². The van der Waals surface area contributed by atoms with Crippen LogP contribution in [0.5, 0.6) is 0 Å². The van der Waals surface area contributed by atoms with Gasteiger partial charge in [0.2, 0.25) is 0 Å². The van der Waals surface area contributed by atoms with E-state index in [0.717, 1.165) is 6.08 Å². The van der Waals surface area contributed by atoms with Gasteiger partial charge in [-0.3, -0.25) is 0 Å². The first-order valence-electron chi connectivity index (χ1n) is 6.32. The standard InChI is InChI=1S/C5H12O4.C5H6O4.C4H6O2.Mg/c6-1-5(2-7,3-8)4-9;1-3(5(8)9)2-4(6)7;1-3-4(5)6-2;/h6-9H,1-4H2;1-2H2,(H,6,7)(H,8,9);3H,1H2,2H3;/q;;;+2/p-2. The molecule has 10 nitrogen and oxygen atoms in total. The van der Waals surface area contributed by atoms with Crippen molar-refractivity contribution in [3.8, 4) is 0 Å². The van der Waals surface area contributed by atoms with Crippen LogP contribution in [0.1, 0.15) is 6.42 Å². The van der Waals surface area contributed by atoms with Crippen LogP contribution < -0.4 is 10.2 Å². The van der Waals surface area contributed by atoms with E-state index in [1.54, 1.807) is 0 Å². The molecular formula is C14H22MgO10. The summed E-state index contributed by atoms with van der Waals surface area (Å²) in [6, 6.07) is 0. The van der Waals surface area contributed by atoms with E-state index in [2.05, 4.69) is 17.9 Å². The van der Waals surface area contributed by atoms with Crippen LogP contribution in [0.2, 0.25) is 0 Å². The number of rotatable bonds is 8. The van der Waals surface area contributed by atoms with Crippen LogP contribution in [0, 0.1) is 5.41 Å². The first kappa shape index (κ1) is 31.3. The second-order valence-electron chi connectivity index (χ2n) is 4.30. The maximum atomic E-state index is 9.84. The number of carbonyl (C=O) groups excluding carboxylic acids is 3. The monoisotopic (exact) mass is 374 g/mol. The molecule has 4 N–H and O–H groups in total. The van der Waals surface area contributed by atoms with Crippen molar-refractivity contribution < 1.29 is 49.8 Å². The maximum absolute atomic E-state index is 9.84. The van der Waals surface area contributed by atoms with E-state index in [-0.39, 0.29) is 23.1 Å². The molecule has 0 spiro atoms. The van der Waals surface area contributed by atoms with Gasteiger partial charge in [0.15, 0.2) is 0 Å². The molecule has 0 aromatic heterocycles. The molecule has 0 aliphatic carbocycles. The van der Waals surface area contributed by atoms with Gasteiger partial charge >= 0.3 is 29.0 Å². The first-order chi connectivity index (χ1) is 11.1. The number of aliphatic hydroxyl groups is 4. The van der Waals surface area contributed by atoms with Gasteiger partial charge < -0.3 is 45.0 Å². The molecule has 0 bridgehead atoms. The molecule has 0 aliphatic heterocycles. The summed E-state index contributed by atoms with van der Waals surface area (Å²) in [6.07, 6.45) is 0.433. The SMILES string of the molecule is C=C(CC(=O)[O-])C(=O)[O-].C=CC(=O)OC.OCC(CO)(CO)CO.[Mg+2]. The summed E-state index contributed by atoms with van der Waals surface area (Å²) < 4.78 is 4.14. The molecule has 0 atom stereocenters. The summed E-state index contributed by atoms with van der Waals surface area (Å²) in [5.41, 5.74) is -1.59. The number of aliphatic hydroxyl groups excluding tert-OH is 4. The van der Waals surface area contributed by atoms with E-state index in [9.17, 15) is 24.6 Å². The molecule has 0 aromatic carbocycles. The average molecular weight is 375 g/mol. The van der Waals surface area contributed by atoms with Gasteiger partial charge in [-0.15, -0.1) is 0 Å². The molecule has 0 saturated heterocycles. The van der Waals surface area contributed by atoms with Crippen LogP contribution in [0.15, 0.2) is 24.8 Å². The van der Waals surface area contributed by atoms with Crippen molar-refractivity contribution in [2.75, 3.05) is 33.5 Å². The first-order valence-corrected chi connectivity index (χ1v) is 6.32. The van der Waals surface area contributed by atoms with Crippen LogP contribution in [-0.2, 0) is 19.1 Å². The van der Waals surface area contributed by atoms with Gasteiger partial charge in [-0.1, -0.05) is 13.2 Å². The van der Waals surface area contributed by atoms with Crippen LogP contribution in [0.4, 0.5) is 0 Å². The molecule has 0 unspecified atom stereocenters. The van der Waals surface area contributed by atoms with Gasteiger partial charge in [-0.05, 0) is 5.57 Å². The molecule has 0 heterocycles. The Hall–Kier alpha value is -1.50. The molecule has 0 aromatic rings. The average Bonchev–Trinajstić information content (AvgIpc) is 2.57. The van der Waals surface area contributed by atoms with Gasteiger partial charge in [0.25, 0.3) is 0 Å². The fraction of sp³-hybridized carbons (Fsp3) is 0.500. The maximum Gasteiger partial charge on any atom is 2.00 e. The van der Waals surface area contributed by atoms with Gasteiger partial charge in [-0.25, -0.2) is 4.79 Å². The molecule has 25 heavy (non-hydrogen) atoms. The number of ether oxygens (including phenoxy) is 1. The number of carbonyl (C=O) groups is 3. The van der Waals surface area contributed by atoms with E-state index < -0.39 is 61.7 Å². The summed E-state index contributed by atoms with van der Waals surface area (Å²) in [7, 11) is 1.31. The van der Waals surface area contributed by atoms with Crippen molar-refractivity contribution in [3.05, 3.63) is 24.8 Å². The number of hydrogen-bond acceptors (Lipinski definition) is 10. The molecular weight excluding hydrogens is 352 g/mol. The van der Waals surface area contributed by atoms with Crippen LogP contribution in [-0.4, -0.2) is 94.9 Å². The number of carboxylic acids is 2. The Morgan fingerprint density at radius 2 is 1.40 bits per heavy atom. The Morgan fingerprint density at radius 1 is 1.04 bits per heavy atom. The van der Waals surface area contributed by atoms with E-state index in [4.69, 9.17) is 20.4 Å². The second-order valence-corrected chi connectivity index (χ2v) is 4.30. The third kappa shape index (κ3) is 18.7. The molecule has 0 radical (unpaired) electrons. The van der Waals surface area contributed by atoms with Gasteiger partial charge in [0, 0.05) is 18.5 Å². The van der Waals surface area contributed by atoms with E-state index in [1.165, 1.54) is 7.11 Å². The number of aliphatic carboxylic acids is 2.